The Balaban J connectivity index is 1.61. The van der Waals surface area contributed by atoms with Crippen LogP contribution in [0.5, 0.6) is 5.75 Å². The number of hydrogen-bond donors (Lipinski definition) is 1. The molecule has 1 unspecified atom stereocenters. The monoisotopic (exact) mass is 563 g/mol. The molecule has 1 N–H and O–H groups in total. The number of para-hydroxylation sites is 1. The van der Waals surface area contributed by atoms with Crippen molar-refractivity contribution >= 4 is 52.0 Å². The van der Waals surface area contributed by atoms with Crippen molar-refractivity contribution in [1.82, 2.24) is 5.01 Å². The highest BCUT2D eigenvalue weighted by molar-refractivity contribution is 8.15. The van der Waals surface area contributed by atoms with Crippen LogP contribution in [0, 0.1) is 36.7 Å². The smallest absolute Gasteiger partial charge is 0.296 e. The van der Waals surface area contributed by atoms with Crippen LogP contribution in [0.15, 0.2) is 64.7 Å². The Morgan fingerprint density at radius 2 is 1.88 bits per heavy atom. The number of nitrogens with one attached hydrogen (secondary N) is 1. The molecule has 1 aliphatic rings. The van der Waals surface area contributed by atoms with Gasteiger partial charge < -0.3 is 10.1 Å². The number of hydrogen-bond acceptors (Lipinski definition) is 8. The first-order valence-corrected chi connectivity index (χ1v) is 13.0. The van der Waals surface area contributed by atoms with E-state index in [1.54, 1.807) is 12.3 Å². The summed E-state index contributed by atoms with van der Waals surface area (Å²) in [5.41, 5.74) is 3.46. The van der Waals surface area contributed by atoms with E-state index in [9.17, 15) is 24.1 Å². The Kier molecular flexibility index (Phi) is 8.58. The predicted molar refractivity (Wildman–Crippen MR) is 153 cm³/mol. The quantitative estimate of drug-likeness (QED) is 0.214. The minimum atomic E-state index is -0.944. The van der Waals surface area contributed by atoms with Crippen LogP contribution in [0.1, 0.15) is 28.7 Å². The maximum atomic E-state index is 14.4. The normalized spacial score (nSPS) is 16.1. The third-order valence-electron chi connectivity index (χ3n) is 6.07. The highest BCUT2D eigenvalue weighted by Gasteiger charge is 2.40. The number of nitro groups is 1. The summed E-state index contributed by atoms with van der Waals surface area (Å²) in [5.74, 6) is -1.48. The molecular formula is C28H26FN5O5S. The Labute approximate surface area is 234 Å². The van der Waals surface area contributed by atoms with Gasteiger partial charge in [0.05, 0.1) is 24.3 Å². The van der Waals surface area contributed by atoms with E-state index in [1.807, 2.05) is 32.9 Å². The van der Waals surface area contributed by atoms with Crippen molar-refractivity contribution in [2.45, 2.75) is 32.4 Å². The van der Waals surface area contributed by atoms with Gasteiger partial charge in [0, 0.05) is 12.0 Å². The molecular weight excluding hydrogens is 537 g/mol. The van der Waals surface area contributed by atoms with Gasteiger partial charge >= 0.3 is 0 Å². The number of carbonyl (C=O) groups excluding carboxylic acids is 2. The molecule has 4 rings (SSSR count). The van der Waals surface area contributed by atoms with E-state index < -0.39 is 27.8 Å². The molecule has 206 valence electrons. The number of methoxy groups -OCH3 is 1. The molecule has 2 amide bonds. The van der Waals surface area contributed by atoms with Crippen LogP contribution in [-0.2, 0) is 9.59 Å². The summed E-state index contributed by atoms with van der Waals surface area (Å²) in [6.45, 7) is 5.85. The fourth-order valence-corrected chi connectivity index (χ4v) is 5.27. The first-order valence-electron chi connectivity index (χ1n) is 12.2. The number of amidine groups is 1. The predicted octanol–water partition coefficient (Wildman–Crippen LogP) is 5.66. The van der Waals surface area contributed by atoms with Crippen LogP contribution in [0.2, 0.25) is 0 Å². The molecule has 1 fully saturated rings. The number of aliphatic imine (C=N–C) groups is 1. The van der Waals surface area contributed by atoms with E-state index in [4.69, 9.17) is 4.74 Å². The number of nitrogens with zero attached hydrogens (tertiary/aromatic N) is 4. The van der Waals surface area contributed by atoms with E-state index in [0.29, 0.717) is 0 Å². The maximum Gasteiger partial charge on any atom is 0.296 e. The van der Waals surface area contributed by atoms with Gasteiger partial charge in [-0.2, -0.15) is 10.1 Å². The van der Waals surface area contributed by atoms with Gasteiger partial charge in [0.25, 0.3) is 11.6 Å². The van der Waals surface area contributed by atoms with Gasteiger partial charge in [0.15, 0.2) is 5.17 Å². The van der Waals surface area contributed by atoms with Crippen molar-refractivity contribution in [2.75, 3.05) is 12.4 Å². The summed E-state index contributed by atoms with van der Waals surface area (Å²) >= 11 is 0.963. The van der Waals surface area contributed by atoms with Crippen LogP contribution < -0.4 is 10.1 Å². The minimum Gasteiger partial charge on any atom is -0.496 e. The first-order chi connectivity index (χ1) is 19.1. The molecule has 1 saturated heterocycles. The average molecular weight is 564 g/mol. The van der Waals surface area contributed by atoms with E-state index in [-0.39, 0.29) is 34.4 Å². The number of ether oxygens (including phenoxy) is 1. The van der Waals surface area contributed by atoms with Crippen LogP contribution in [-0.4, -0.2) is 45.5 Å². The molecule has 0 radical (unpaired) electrons. The largest absolute Gasteiger partial charge is 0.496 e. The van der Waals surface area contributed by atoms with Crippen LogP contribution >= 0.6 is 11.8 Å². The second-order valence-corrected chi connectivity index (χ2v) is 10.2. The summed E-state index contributed by atoms with van der Waals surface area (Å²) in [6, 6.07) is 13.9. The summed E-state index contributed by atoms with van der Waals surface area (Å²) in [4.78, 5) is 41.4. The zero-order valence-corrected chi connectivity index (χ0v) is 23.0. The second kappa shape index (κ2) is 12.1. The lowest BCUT2D eigenvalue weighted by molar-refractivity contribution is -0.384. The van der Waals surface area contributed by atoms with Gasteiger partial charge in [-0.1, -0.05) is 41.6 Å². The maximum absolute atomic E-state index is 14.4. The zero-order valence-electron chi connectivity index (χ0n) is 22.2. The molecule has 0 saturated carbocycles. The molecule has 3 aromatic rings. The van der Waals surface area contributed by atoms with Gasteiger partial charge in [-0.15, -0.1) is 0 Å². The van der Waals surface area contributed by atoms with Crippen LogP contribution in [0.25, 0.3) is 0 Å². The van der Waals surface area contributed by atoms with Gasteiger partial charge in [-0.05, 0) is 56.2 Å². The number of nitro benzene ring substituents is 1. The minimum absolute atomic E-state index is 0.0136. The molecule has 3 aromatic carbocycles. The van der Waals surface area contributed by atoms with Gasteiger partial charge in [-0.3, -0.25) is 19.7 Å². The van der Waals surface area contributed by atoms with E-state index in [1.165, 1.54) is 43.5 Å². The lowest BCUT2D eigenvalue weighted by atomic mass is 10.0. The summed E-state index contributed by atoms with van der Waals surface area (Å²) < 4.78 is 19.4. The van der Waals surface area contributed by atoms with Crippen molar-refractivity contribution in [2.24, 2.45) is 10.1 Å². The molecule has 0 aliphatic carbocycles. The molecule has 10 nitrogen and oxygen atoms in total. The molecule has 40 heavy (non-hydrogen) atoms. The third-order valence-corrected chi connectivity index (χ3v) is 7.20. The number of benzene rings is 3. The SMILES string of the molecule is COc1ccc(NC(=O)CC2SC(=Nc3ccccc3F)N(N=Cc3c(C)cc(C)cc3C)C2=O)c([N+](=O)[O-])c1. The highest BCUT2D eigenvalue weighted by Crippen LogP contribution is 2.34. The summed E-state index contributed by atoms with van der Waals surface area (Å²) in [7, 11) is 1.37. The van der Waals surface area contributed by atoms with Crippen LogP contribution in [0.3, 0.4) is 0 Å². The average Bonchev–Trinajstić information content (AvgIpc) is 3.18. The number of amides is 2. The first kappa shape index (κ1) is 28.4. The highest BCUT2D eigenvalue weighted by atomic mass is 32.2. The lowest BCUT2D eigenvalue weighted by Crippen LogP contribution is -2.30. The molecule has 0 aromatic heterocycles. The lowest BCUT2D eigenvalue weighted by Gasteiger charge is -2.12. The number of halogens is 1. The number of hydrazone groups is 1. The van der Waals surface area contributed by atoms with Crippen molar-refractivity contribution in [3.8, 4) is 5.75 Å². The number of aryl methyl sites for hydroxylation is 3. The van der Waals surface area contributed by atoms with E-state index in [2.05, 4.69) is 15.4 Å². The fourth-order valence-electron chi connectivity index (χ4n) is 4.19. The number of carbonyl (C=O) groups is 2. The van der Waals surface area contributed by atoms with Crippen molar-refractivity contribution in [3.63, 3.8) is 0 Å². The number of rotatable bonds is 8. The van der Waals surface area contributed by atoms with Crippen molar-refractivity contribution in [1.29, 1.82) is 0 Å². The number of anilines is 1. The molecule has 0 bridgehead atoms. The summed E-state index contributed by atoms with van der Waals surface area (Å²) in [5, 5.41) is 18.6. The molecule has 12 heteroatoms. The zero-order chi connectivity index (χ0) is 29.0. The third kappa shape index (κ3) is 6.34. The molecule has 1 atom stereocenters. The van der Waals surface area contributed by atoms with Gasteiger partial charge in [-0.25, -0.2) is 9.38 Å². The van der Waals surface area contributed by atoms with Crippen molar-refractivity contribution < 1.29 is 23.6 Å². The van der Waals surface area contributed by atoms with Gasteiger partial charge in [0.1, 0.15) is 28.2 Å². The molecule has 0 spiro atoms. The molecule has 1 aliphatic heterocycles. The Morgan fingerprint density at radius 3 is 2.52 bits per heavy atom. The van der Waals surface area contributed by atoms with Crippen molar-refractivity contribution in [3.05, 3.63) is 92.8 Å². The number of thioether (sulfide) groups is 1. The van der Waals surface area contributed by atoms with Crippen LogP contribution in [0.4, 0.5) is 21.5 Å². The second-order valence-electron chi connectivity index (χ2n) is 9.05. The standard InChI is InChI=1S/C28H26FN5O5S/c1-16-11-17(2)20(18(3)12-16)15-30-33-27(36)25(40-28(33)32-22-8-6-5-7-21(22)29)14-26(35)31-23-10-9-19(39-4)13-24(23)34(37)38/h5-13,15,25H,14H2,1-4H3,(H,31,35). The van der Waals surface area contributed by atoms with Gasteiger partial charge in [0.2, 0.25) is 5.91 Å². The topological polar surface area (TPSA) is 126 Å². The van der Waals surface area contributed by atoms with E-state index >= 15 is 0 Å². The summed E-state index contributed by atoms with van der Waals surface area (Å²) in [6.07, 6.45) is 1.22. The Morgan fingerprint density at radius 1 is 1.18 bits per heavy atom. The molecule has 1 heterocycles. The Hall–Kier alpha value is -4.58. The van der Waals surface area contributed by atoms with E-state index in [0.717, 1.165) is 39.0 Å². The fraction of sp³-hybridized carbons (Fsp3) is 0.214. The Bertz CT molecular complexity index is 1530.